The Labute approximate surface area is 192 Å². The van der Waals surface area contributed by atoms with Crippen molar-refractivity contribution in [2.75, 3.05) is 6.54 Å². The second-order valence-corrected chi connectivity index (χ2v) is 9.63. The van der Waals surface area contributed by atoms with Gasteiger partial charge < -0.3 is 10.1 Å². The summed E-state index contributed by atoms with van der Waals surface area (Å²) >= 11 is 0. The van der Waals surface area contributed by atoms with Gasteiger partial charge in [0.25, 0.3) is 0 Å². The Hall–Kier alpha value is -3.30. The molecule has 0 spiro atoms. The summed E-state index contributed by atoms with van der Waals surface area (Å²) in [5, 5.41) is 2.83. The monoisotopic (exact) mass is 469 g/mol. The van der Waals surface area contributed by atoms with Crippen molar-refractivity contribution >= 4 is 15.9 Å². The van der Waals surface area contributed by atoms with Crippen LogP contribution in [0.15, 0.2) is 78.0 Å². The first-order chi connectivity index (χ1) is 15.9. The number of aromatic nitrogens is 1. The first-order valence-corrected chi connectivity index (χ1v) is 12.0. The molecule has 2 aromatic carbocycles. The Morgan fingerprint density at radius 1 is 1.09 bits per heavy atom. The minimum absolute atomic E-state index is 0.0227. The van der Waals surface area contributed by atoms with Crippen LogP contribution in [0, 0.1) is 5.82 Å². The molecule has 1 aromatic heterocycles. The molecular weight excluding hydrogens is 445 g/mol. The topological polar surface area (TPSA) is 88.6 Å². The number of nitrogens with zero attached hydrogens (tertiary/aromatic N) is 2. The molecular formula is C24H24FN3O4S. The standard InChI is InChI=1S/C24H24FN3O4S/c25-20-7-11-22(12-8-20)33(30,31)28-14-2-4-23(28)24(29)27-16-18-5-9-21(10-6-18)32-17-19-3-1-13-26-15-19/h1,3,5-13,15,23H,2,4,14,16-17H2,(H,27,29). The molecule has 1 fully saturated rings. The number of nitrogens with one attached hydrogen (secondary N) is 1. The summed E-state index contributed by atoms with van der Waals surface area (Å²) in [5.41, 5.74) is 1.83. The molecule has 172 valence electrons. The molecule has 0 aliphatic carbocycles. The van der Waals surface area contributed by atoms with Gasteiger partial charge in [-0.15, -0.1) is 0 Å². The molecule has 9 heteroatoms. The number of sulfonamides is 1. The van der Waals surface area contributed by atoms with E-state index in [1.54, 1.807) is 12.4 Å². The Balaban J connectivity index is 1.33. The molecule has 1 unspecified atom stereocenters. The Kier molecular flexibility index (Phi) is 7.00. The van der Waals surface area contributed by atoms with Crippen LogP contribution < -0.4 is 10.1 Å². The highest BCUT2D eigenvalue weighted by Gasteiger charge is 2.39. The molecule has 1 N–H and O–H groups in total. The molecule has 1 amide bonds. The van der Waals surface area contributed by atoms with E-state index in [0.29, 0.717) is 25.2 Å². The number of carbonyl (C=O) groups is 1. The van der Waals surface area contributed by atoms with Gasteiger partial charge in [-0.2, -0.15) is 4.31 Å². The SMILES string of the molecule is O=C(NCc1ccc(OCc2cccnc2)cc1)C1CCCN1S(=O)(=O)c1ccc(F)cc1. The quantitative estimate of drug-likeness (QED) is 0.547. The number of ether oxygens (including phenoxy) is 1. The fraction of sp³-hybridized carbons (Fsp3) is 0.250. The maximum atomic E-state index is 13.2. The van der Waals surface area contributed by atoms with Crippen LogP contribution in [0.1, 0.15) is 24.0 Å². The summed E-state index contributed by atoms with van der Waals surface area (Å²) < 4.78 is 46.0. The summed E-state index contributed by atoms with van der Waals surface area (Å²) in [6.45, 7) is 0.924. The van der Waals surface area contributed by atoms with Gasteiger partial charge in [0.05, 0.1) is 4.90 Å². The van der Waals surface area contributed by atoms with Gasteiger partial charge >= 0.3 is 0 Å². The molecule has 1 atom stereocenters. The number of rotatable bonds is 8. The first-order valence-electron chi connectivity index (χ1n) is 10.6. The largest absolute Gasteiger partial charge is 0.489 e. The predicted molar refractivity (Wildman–Crippen MR) is 120 cm³/mol. The zero-order valence-electron chi connectivity index (χ0n) is 17.9. The highest BCUT2D eigenvalue weighted by Crippen LogP contribution is 2.26. The van der Waals surface area contributed by atoms with Crippen molar-refractivity contribution < 1.29 is 22.3 Å². The first kappa shape index (κ1) is 22.9. The van der Waals surface area contributed by atoms with Crippen LogP contribution in [0.2, 0.25) is 0 Å². The third-order valence-corrected chi connectivity index (χ3v) is 7.37. The van der Waals surface area contributed by atoms with Crippen molar-refractivity contribution in [3.05, 3.63) is 90.0 Å². The van der Waals surface area contributed by atoms with Crippen molar-refractivity contribution in [3.8, 4) is 5.75 Å². The lowest BCUT2D eigenvalue weighted by Crippen LogP contribution is -2.45. The van der Waals surface area contributed by atoms with Crippen molar-refractivity contribution in [2.24, 2.45) is 0 Å². The van der Waals surface area contributed by atoms with Gasteiger partial charge in [0.15, 0.2) is 0 Å². The molecule has 7 nitrogen and oxygen atoms in total. The van der Waals surface area contributed by atoms with Gasteiger partial charge in [-0.1, -0.05) is 18.2 Å². The molecule has 2 heterocycles. The minimum Gasteiger partial charge on any atom is -0.489 e. The van der Waals surface area contributed by atoms with E-state index in [1.165, 1.54) is 16.4 Å². The third-order valence-electron chi connectivity index (χ3n) is 5.44. The van der Waals surface area contributed by atoms with Crippen LogP contribution in [0.4, 0.5) is 4.39 Å². The van der Waals surface area contributed by atoms with Crippen molar-refractivity contribution in [1.29, 1.82) is 0 Å². The lowest BCUT2D eigenvalue weighted by molar-refractivity contribution is -0.124. The molecule has 0 radical (unpaired) electrons. The molecule has 1 aliphatic rings. The fourth-order valence-electron chi connectivity index (χ4n) is 3.69. The second-order valence-electron chi connectivity index (χ2n) is 7.74. The smallest absolute Gasteiger partial charge is 0.243 e. The van der Waals surface area contributed by atoms with E-state index >= 15 is 0 Å². The predicted octanol–water partition coefficient (Wildman–Crippen LogP) is 3.27. The Morgan fingerprint density at radius 3 is 2.55 bits per heavy atom. The van der Waals surface area contributed by atoms with Crippen LogP contribution in [0.25, 0.3) is 0 Å². The molecule has 3 aromatic rings. The normalized spacial score (nSPS) is 16.5. The lowest BCUT2D eigenvalue weighted by atomic mass is 10.2. The van der Waals surface area contributed by atoms with E-state index in [2.05, 4.69) is 10.3 Å². The fourth-order valence-corrected chi connectivity index (χ4v) is 5.35. The molecule has 4 rings (SSSR count). The summed E-state index contributed by atoms with van der Waals surface area (Å²) in [5.74, 6) is -0.172. The van der Waals surface area contributed by atoms with Gasteiger partial charge in [0, 0.05) is 31.0 Å². The molecule has 0 bridgehead atoms. The Bertz CT molecular complexity index is 1190. The zero-order chi connectivity index (χ0) is 23.3. The molecule has 0 saturated carbocycles. The van der Waals surface area contributed by atoms with Crippen molar-refractivity contribution in [1.82, 2.24) is 14.6 Å². The summed E-state index contributed by atoms with van der Waals surface area (Å²) in [6, 6.07) is 15.0. The number of carbonyl (C=O) groups excluding carboxylic acids is 1. The number of hydrogen-bond acceptors (Lipinski definition) is 5. The molecule has 1 saturated heterocycles. The van der Waals surface area contributed by atoms with Crippen LogP contribution in [-0.2, 0) is 28.0 Å². The van der Waals surface area contributed by atoms with Gasteiger partial charge in [0.1, 0.15) is 24.2 Å². The van der Waals surface area contributed by atoms with Crippen molar-refractivity contribution in [2.45, 2.75) is 36.9 Å². The van der Waals surface area contributed by atoms with E-state index in [1.807, 2.05) is 36.4 Å². The summed E-state index contributed by atoms with van der Waals surface area (Å²) in [7, 11) is -3.88. The van der Waals surface area contributed by atoms with Gasteiger partial charge in [-0.25, -0.2) is 12.8 Å². The van der Waals surface area contributed by atoms with Crippen LogP contribution in [0.5, 0.6) is 5.75 Å². The van der Waals surface area contributed by atoms with Crippen LogP contribution >= 0.6 is 0 Å². The number of amides is 1. The van der Waals surface area contributed by atoms with Crippen LogP contribution in [0.3, 0.4) is 0 Å². The average Bonchev–Trinajstić information content (AvgIpc) is 3.34. The Morgan fingerprint density at radius 2 is 1.85 bits per heavy atom. The van der Waals surface area contributed by atoms with Gasteiger partial charge in [-0.3, -0.25) is 9.78 Å². The zero-order valence-corrected chi connectivity index (χ0v) is 18.7. The highest BCUT2D eigenvalue weighted by molar-refractivity contribution is 7.89. The van der Waals surface area contributed by atoms with Crippen LogP contribution in [-0.4, -0.2) is 36.2 Å². The minimum atomic E-state index is -3.88. The highest BCUT2D eigenvalue weighted by atomic mass is 32.2. The number of hydrogen-bond donors (Lipinski definition) is 1. The van der Waals surface area contributed by atoms with E-state index in [0.717, 1.165) is 23.3 Å². The number of halogens is 1. The maximum absolute atomic E-state index is 13.2. The number of pyridine rings is 1. The lowest BCUT2D eigenvalue weighted by Gasteiger charge is -2.23. The second kappa shape index (κ2) is 10.1. The summed E-state index contributed by atoms with van der Waals surface area (Å²) in [6.07, 6.45) is 4.47. The van der Waals surface area contributed by atoms with E-state index in [4.69, 9.17) is 4.74 Å². The van der Waals surface area contributed by atoms with Gasteiger partial charge in [-0.05, 0) is 60.9 Å². The van der Waals surface area contributed by atoms with Crippen molar-refractivity contribution in [3.63, 3.8) is 0 Å². The number of benzene rings is 2. The van der Waals surface area contributed by atoms with E-state index in [9.17, 15) is 17.6 Å². The maximum Gasteiger partial charge on any atom is 0.243 e. The average molecular weight is 470 g/mol. The molecule has 1 aliphatic heterocycles. The van der Waals surface area contributed by atoms with E-state index < -0.39 is 21.9 Å². The third kappa shape index (κ3) is 5.55. The van der Waals surface area contributed by atoms with Gasteiger partial charge in [0.2, 0.25) is 15.9 Å². The summed E-state index contributed by atoms with van der Waals surface area (Å²) in [4.78, 5) is 16.8. The molecule has 33 heavy (non-hydrogen) atoms. The van der Waals surface area contributed by atoms with E-state index in [-0.39, 0.29) is 23.9 Å².